The van der Waals surface area contributed by atoms with Crippen molar-refractivity contribution in [1.82, 2.24) is 4.98 Å². The predicted octanol–water partition coefficient (Wildman–Crippen LogP) is 1.78. The van der Waals surface area contributed by atoms with Crippen molar-refractivity contribution in [1.29, 1.82) is 5.26 Å². The number of carboxylic acid groups (broad SMARTS) is 1. The summed E-state index contributed by atoms with van der Waals surface area (Å²) in [5.74, 6) is -0.564. The predicted molar refractivity (Wildman–Crippen MR) is 57.1 cm³/mol. The van der Waals surface area contributed by atoms with Gasteiger partial charge in [0.25, 0.3) is 0 Å². The highest BCUT2D eigenvalue weighted by Gasteiger charge is 2.24. The second-order valence-corrected chi connectivity index (χ2v) is 4.24. The Morgan fingerprint density at radius 2 is 2.44 bits per heavy atom. The van der Waals surface area contributed by atoms with E-state index in [1.165, 1.54) is 6.20 Å². The first-order valence-corrected chi connectivity index (χ1v) is 5.27. The van der Waals surface area contributed by atoms with Gasteiger partial charge in [-0.05, 0) is 30.7 Å². The third kappa shape index (κ3) is 1.65. The largest absolute Gasteiger partial charge is 0.478 e. The number of pyridine rings is 1. The summed E-state index contributed by atoms with van der Waals surface area (Å²) in [6, 6.07) is 1.90. The molecule has 1 aliphatic rings. The van der Waals surface area contributed by atoms with E-state index in [1.54, 1.807) is 0 Å². The number of aromatic nitrogens is 1. The SMILES string of the molecule is CC1CCc2ncc(C#N)c(C(=O)O)c2C1. The molecule has 0 radical (unpaired) electrons. The van der Waals surface area contributed by atoms with Gasteiger partial charge in [0.1, 0.15) is 6.07 Å². The van der Waals surface area contributed by atoms with Gasteiger partial charge in [0.05, 0.1) is 11.1 Å². The topological polar surface area (TPSA) is 74.0 Å². The molecule has 0 saturated heterocycles. The quantitative estimate of drug-likeness (QED) is 0.776. The minimum absolute atomic E-state index is 0.152. The minimum atomic E-state index is -1.02. The molecule has 0 bridgehead atoms. The molecule has 1 heterocycles. The summed E-state index contributed by atoms with van der Waals surface area (Å²) in [6.45, 7) is 2.09. The van der Waals surface area contributed by atoms with Crippen molar-refractivity contribution in [3.63, 3.8) is 0 Å². The Morgan fingerprint density at radius 3 is 3.06 bits per heavy atom. The Morgan fingerprint density at radius 1 is 1.69 bits per heavy atom. The normalized spacial score (nSPS) is 18.6. The van der Waals surface area contributed by atoms with Crippen molar-refractivity contribution < 1.29 is 9.90 Å². The number of carboxylic acids is 1. The lowest BCUT2D eigenvalue weighted by Gasteiger charge is -2.22. The molecule has 16 heavy (non-hydrogen) atoms. The Bertz CT molecular complexity index is 489. The number of rotatable bonds is 1. The Balaban J connectivity index is 2.63. The van der Waals surface area contributed by atoms with E-state index in [-0.39, 0.29) is 11.1 Å². The molecule has 2 rings (SSSR count). The van der Waals surface area contributed by atoms with Crippen molar-refractivity contribution in [2.75, 3.05) is 0 Å². The second-order valence-electron chi connectivity index (χ2n) is 4.24. The molecular weight excluding hydrogens is 204 g/mol. The maximum Gasteiger partial charge on any atom is 0.337 e. The van der Waals surface area contributed by atoms with E-state index >= 15 is 0 Å². The number of carbonyl (C=O) groups is 1. The average Bonchev–Trinajstić information content (AvgIpc) is 2.26. The summed E-state index contributed by atoms with van der Waals surface area (Å²) >= 11 is 0. The molecule has 1 aliphatic carbocycles. The van der Waals surface area contributed by atoms with E-state index < -0.39 is 5.97 Å². The van der Waals surface area contributed by atoms with Crippen LogP contribution >= 0.6 is 0 Å². The first-order valence-electron chi connectivity index (χ1n) is 5.27. The summed E-state index contributed by atoms with van der Waals surface area (Å²) in [5.41, 5.74) is 1.92. The van der Waals surface area contributed by atoms with Gasteiger partial charge in [-0.3, -0.25) is 4.98 Å². The third-order valence-electron chi connectivity index (χ3n) is 3.03. The summed E-state index contributed by atoms with van der Waals surface area (Å²) in [4.78, 5) is 15.4. The highest BCUT2D eigenvalue weighted by atomic mass is 16.4. The van der Waals surface area contributed by atoms with Gasteiger partial charge in [-0.1, -0.05) is 6.92 Å². The van der Waals surface area contributed by atoms with Crippen LogP contribution in [0, 0.1) is 17.2 Å². The van der Waals surface area contributed by atoms with Gasteiger partial charge in [-0.25, -0.2) is 4.79 Å². The smallest absolute Gasteiger partial charge is 0.337 e. The van der Waals surface area contributed by atoms with Crippen LogP contribution in [0.1, 0.15) is 40.5 Å². The number of aryl methyl sites for hydroxylation is 1. The molecule has 1 unspecified atom stereocenters. The lowest BCUT2D eigenvalue weighted by molar-refractivity contribution is 0.0694. The summed E-state index contributed by atoms with van der Waals surface area (Å²) in [6.07, 6.45) is 3.92. The fraction of sp³-hybridized carbons (Fsp3) is 0.417. The minimum Gasteiger partial charge on any atom is -0.478 e. The number of aromatic carboxylic acids is 1. The maximum atomic E-state index is 11.2. The molecule has 0 aromatic carbocycles. The van der Waals surface area contributed by atoms with E-state index in [2.05, 4.69) is 11.9 Å². The van der Waals surface area contributed by atoms with Crippen LogP contribution in [0.2, 0.25) is 0 Å². The Kier molecular flexibility index (Phi) is 2.61. The molecule has 0 saturated carbocycles. The average molecular weight is 216 g/mol. The van der Waals surface area contributed by atoms with Crippen molar-refractivity contribution in [3.05, 3.63) is 28.6 Å². The van der Waals surface area contributed by atoms with E-state index in [1.807, 2.05) is 6.07 Å². The number of nitrogens with zero attached hydrogens (tertiary/aromatic N) is 2. The zero-order valence-corrected chi connectivity index (χ0v) is 9.03. The third-order valence-corrected chi connectivity index (χ3v) is 3.03. The van der Waals surface area contributed by atoms with Crippen LogP contribution in [-0.4, -0.2) is 16.1 Å². The van der Waals surface area contributed by atoms with Crippen molar-refractivity contribution in [2.45, 2.75) is 26.2 Å². The summed E-state index contributed by atoms with van der Waals surface area (Å²) in [7, 11) is 0. The van der Waals surface area contributed by atoms with Gasteiger partial charge in [0.2, 0.25) is 0 Å². The van der Waals surface area contributed by atoms with Gasteiger partial charge in [-0.15, -0.1) is 0 Å². The maximum absolute atomic E-state index is 11.2. The molecule has 1 atom stereocenters. The van der Waals surface area contributed by atoms with Crippen LogP contribution in [0.4, 0.5) is 0 Å². The zero-order chi connectivity index (χ0) is 11.7. The molecule has 1 aromatic heterocycles. The molecule has 4 heteroatoms. The number of fused-ring (bicyclic) bond motifs is 1. The zero-order valence-electron chi connectivity index (χ0n) is 9.03. The van der Waals surface area contributed by atoms with E-state index in [4.69, 9.17) is 10.4 Å². The van der Waals surface area contributed by atoms with Crippen LogP contribution in [-0.2, 0) is 12.8 Å². The standard InChI is InChI=1S/C12H12N2O2/c1-7-2-3-10-9(4-7)11(12(15)16)8(5-13)6-14-10/h6-7H,2-4H2,1H3,(H,15,16). The number of nitriles is 1. The van der Waals surface area contributed by atoms with Crippen LogP contribution in [0.25, 0.3) is 0 Å². The summed E-state index contributed by atoms with van der Waals surface area (Å²) < 4.78 is 0. The molecule has 1 aromatic rings. The van der Waals surface area contributed by atoms with Crippen molar-refractivity contribution >= 4 is 5.97 Å². The Hall–Kier alpha value is -1.89. The lowest BCUT2D eigenvalue weighted by Crippen LogP contribution is -2.18. The molecule has 4 nitrogen and oxygen atoms in total. The first-order chi connectivity index (χ1) is 7.63. The van der Waals surface area contributed by atoms with Gasteiger partial charge in [0.15, 0.2) is 0 Å². The number of hydrogen-bond donors (Lipinski definition) is 1. The molecule has 0 spiro atoms. The first kappa shape index (κ1) is 10.6. The highest BCUT2D eigenvalue weighted by molar-refractivity contribution is 5.92. The van der Waals surface area contributed by atoms with E-state index in [9.17, 15) is 4.79 Å². The second kappa shape index (κ2) is 3.93. The molecule has 1 N–H and O–H groups in total. The van der Waals surface area contributed by atoms with Crippen LogP contribution in [0.15, 0.2) is 6.20 Å². The molecule has 0 fully saturated rings. The van der Waals surface area contributed by atoms with E-state index in [0.29, 0.717) is 12.3 Å². The van der Waals surface area contributed by atoms with Gasteiger partial charge in [0, 0.05) is 11.9 Å². The van der Waals surface area contributed by atoms with Gasteiger partial charge in [-0.2, -0.15) is 5.26 Å². The molecule has 0 amide bonds. The molecular formula is C12H12N2O2. The van der Waals surface area contributed by atoms with Crippen molar-refractivity contribution in [3.8, 4) is 6.07 Å². The van der Waals surface area contributed by atoms with Gasteiger partial charge < -0.3 is 5.11 Å². The highest BCUT2D eigenvalue weighted by Crippen LogP contribution is 2.28. The van der Waals surface area contributed by atoms with Crippen LogP contribution in [0.5, 0.6) is 0 Å². The summed E-state index contributed by atoms with van der Waals surface area (Å²) in [5, 5.41) is 18.0. The van der Waals surface area contributed by atoms with Crippen LogP contribution in [0.3, 0.4) is 0 Å². The monoisotopic (exact) mass is 216 g/mol. The van der Waals surface area contributed by atoms with Gasteiger partial charge >= 0.3 is 5.97 Å². The fourth-order valence-electron chi connectivity index (χ4n) is 2.19. The number of hydrogen-bond acceptors (Lipinski definition) is 3. The molecule has 82 valence electrons. The lowest BCUT2D eigenvalue weighted by atomic mass is 9.84. The molecule has 0 aliphatic heterocycles. The van der Waals surface area contributed by atoms with E-state index in [0.717, 1.165) is 24.1 Å². The Labute approximate surface area is 93.5 Å². The van der Waals surface area contributed by atoms with Crippen LogP contribution < -0.4 is 0 Å². The fourth-order valence-corrected chi connectivity index (χ4v) is 2.19. The van der Waals surface area contributed by atoms with Crippen molar-refractivity contribution in [2.24, 2.45) is 5.92 Å².